The van der Waals surface area contributed by atoms with E-state index in [0.29, 0.717) is 24.1 Å². The van der Waals surface area contributed by atoms with Crippen molar-refractivity contribution in [3.8, 4) is 11.3 Å². The summed E-state index contributed by atoms with van der Waals surface area (Å²) in [4.78, 5) is 26.3. The van der Waals surface area contributed by atoms with Crippen molar-refractivity contribution in [3.05, 3.63) is 81.6 Å². The van der Waals surface area contributed by atoms with Gasteiger partial charge >= 0.3 is 5.97 Å². The molecule has 0 N–H and O–H groups in total. The van der Waals surface area contributed by atoms with Crippen LogP contribution in [0.25, 0.3) is 17.0 Å². The van der Waals surface area contributed by atoms with Crippen molar-refractivity contribution in [2.24, 2.45) is 0 Å². The van der Waals surface area contributed by atoms with E-state index in [1.54, 1.807) is 11.5 Å². The number of carbonyl (C=O) groups is 1. The number of nitrogens with zero attached hydrogens (tertiary/aromatic N) is 4. The molecule has 35 heavy (non-hydrogen) atoms. The van der Waals surface area contributed by atoms with Crippen molar-refractivity contribution in [2.75, 3.05) is 12.4 Å². The Morgan fingerprint density at radius 2 is 1.83 bits per heavy atom. The number of hydrogen-bond donors (Lipinski definition) is 0. The van der Waals surface area contributed by atoms with Gasteiger partial charge in [0.15, 0.2) is 5.16 Å². The summed E-state index contributed by atoms with van der Waals surface area (Å²) in [6, 6.07) is 18.1. The highest BCUT2D eigenvalue weighted by molar-refractivity contribution is 7.99. The van der Waals surface area contributed by atoms with Crippen LogP contribution in [0.3, 0.4) is 0 Å². The molecule has 0 fully saturated rings. The first kappa shape index (κ1) is 23.4. The maximum atomic E-state index is 14.2. The molecule has 2 heterocycles. The van der Waals surface area contributed by atoms with Gasteiger partial charge in [0.1, 0.15) is 0 Å². The highest BCUT2D eigenvalue weighted by Gasteiger charge is 2.39. The van der Waals surface area contributed by atoms with Crippen LogP contribution in [0, 0.1) is 0 Å². The van der Waals surface area contributed by atoms with E-state index in [9.17, 15) is 9.59 Å². The fourth-order valence-corrected chi connectivity index (χ4v) is 5.65. The predicted octanol–water partition coefficient (Wildman–Crippen LogP) is 4.49. The fourth-order valence-electron chi connectivity index (χ4n) is 4.91. The van der Waals surface area contributed by atoms with Crippen LogP contribution in [0.1, 0.15) is 43.9 Å². The molecule has 0 unspecified atom stereocenters. The lowest BCUT2D eigenvalue weighted by molar-refractivity contribution is -0.139. The first-order valence-corrected chi connectivity index (χ1v) is 12.9. The molecule has 1 aliphatic rings. The van der Waals surface area contributed by atoms with Crippen LogP contribution in [-0.4, -0.2) is 37.5 Å². The van der Waals surface area contributed by atoms with Crippen molar-refractivity contribution in [1.82, 2.24) is 19.2 Å². The number of benzene rings is 2. The van der Waals surface area contributed by atoms with Gasteiger partial charge in [-0.05, 0) is 30.9 Å². The Hall–Kier alpha value is -3.39. The first-order valence-electron chi connectivity index (χ1n) is 11.9. The second kappa shape index (κ2) is 9.34. The molecule has 0 aliphatic heterocycles. The SMILES string of the molecule is CCOC(=O)CSc1nnc2n(Cc3ccccc3)c(=O)c3c(n12)-c1ccccc1C[C@@]3(C)CC. The molecule has 0 saturated carbocycles. The third kappa shape index (κ3) is 4.05. The number of thioether (sulfide) groups is 1. The normalized spacial score (nSPS) is 16.7. The Bertz CT molecular complexity index is 1460. The highest BCUT2D eigenvalue weighted by atomic mass is 32.2. The van der Waals surface area contributed by atoms with Crippen LogP contribution in [0.15, 0.2) is 64.5 Å². The van der Waals surface area contributed by atoms with Gasteiger partial charge in [0, 0.05) is 16.5 Å². The monoisotopic (exact) mass is 488 g/mol. The lowest BCUT2D eigenvalue weighted by Gasteiger charge is -2.36. The van der Waals surface area contributed by atoms with E-state index in [1.807, 2.05) is 46.9 Å². The number of rotatable bonds is 7. The van der Waals surface area contributed by atoms with E-state index in [2.05, 4.69) is 36.2 Å². The maximum Gasteiger partial charge on any atom is 0.316 e. The molecular formula is C27H28N4O3S. The molecule has 1 aliphatic carbocycles. The zero-order valence-electron chi connectivity index (χ0n) is 20.2. The predicted molar refractivity (Wildman–Crippen MR) is 137 cm³/mol. The molecule has 4 aromatic rings. The van der Waals surface area contributed by atoms with Gasteiger partial charge in [-0.1, -0.05) is 80.2 Å². The fraction of sp³-hybridized carbons (Fsp3) is 0.333. The molecule has 180 valence electrons. The summed E-state index contributed by atoms with van der Waals surface area (Å²) in [5, 5.41) is 9.46. The van der Waals surface area contributed by atoms with E-state index < -0.39 is 0 Å². The Morgan fingerprint density at radius 1 is 1.09 bits per heavy atom. The van der Waals surface area contributed by atoms with E-state index in [-0.39, 0.29) is 22.7 Å². The maximum absolute atomic E-state index is 14.2. The average Bonchev–Trinajstić information content (AvgIpc) is 3.29. The summed E-state index contributed by atoms with van der Waals surface area (Å²) < 4.78 is 8.81. The third-order valence-corrected chi connectivity index (χ3v) is 7.72. The molecule has 2 aromatic carbocycles. The van der Waals surface area contributed by atoms with E-state index in [4.69, 9.17) is 4.74 Å². The summed E-state index contributed by atoms with van der Waals surface area (Å²) in [5.41, 5.74) is 4.44. The minimum Gasteiger partial charge on any atom is -0.465 e. The number of fused-ring (bicyclic) bond motifs is 5. The van der Waals surface area contributed by atoms with Gasteiger partial charge in [-0.25, -0.2) is 0 Å². The second-order valence-corrected chi connectivity index (χ2v) is 10.0. The quantitative estimate of drug-likeness (QED) is 0.282. The van der Waals surface area contributed by atoms with Crippen LogP contribution >= 0.6 is 11.8 Å². The summed E-state index contributed by atoms with van der Waals surface area (Å²) in [6.07, 6.45) is 1.60. The highest BCUT2D eigenvalue weighted by Crippen LogP contribution is 2.44. The zero-order valence-corrected chi connectivity index (χ0v) is 21.0. The van der Waals surface area contributed by atoms with Crippen molar-refractivity contribution in [2.45, 2.75) is 50.7 Å². The van der Waals surface area contributed by atoms with Crippen LogP contribution in [0.2, 0.25) is 0 Å². The van der Waals surface area contributed by atoms with Crippen molar-refractivity contribution < 1.29 is 9.53 Å². The third-order valence-electron chi connectivity index (χ3n) is 6.82. The first-order chi connectivity index (χ1) is 17.0. The van der Waals surface area contributed by atoms with Crippen LogP contribution in [0.5, 0.6) is 0 Å². The Labute approximate surface area is 208 Å². The molecule has 0 saturated heterocycles. The second-order valence-electron chi connectivity index (χ2n) is 9.06. The molecule has 0 spiro atoms. The largest absolute Gasteiger partial charge is 0.465 e. The molecule has 2 aromatic heterocycles. The van der Waals surface area contributed by atoms with Gasteiger partial charge in [-0.15, -0.1) is 10.2 Å². The van der Waals surface area contributed by atoms with E-state index in [0.717, 1.165) is 35.2 Å². The average molecular weight is 489 g/mol. The van der Waals surface area contributed by atoms with Crippen LogP contribution in [0.4, 0.5) is 0 Å². The summed E-state index contributed by atoms with van der Waals surface area (Å²) in [6.45, 7) is 6.80. The molecular weight excluding hydrogens is 460 g/mol. The molecule has 0 bridgehead atoms. The molecule has 7 nitrogen and oxygen atoms in total. The minimum atomic E-state index is -0.346. The summed E-state index contributed by atoms with van der Waals surface area (Å²) >= 11 is 1.28. The van der Waals surface area contributed by atoms with Crippen LogP contribution in [-0.2, 0) is 27.9 Å². The van der Waals surface area contributed by atoms with Gasteiger partial charge in [0.2, 0.25) is 5.78 Å². The van der Waals surface area contributed by atoms with Gasteiger partial charge in [0.25, 0.3) is 5.56 Å². The van der Waals surface area contributed by atoms with Crippen molar-refractivity contribution >= 4 is 23.5 Å². The number of aromatic nitrogens is 4. The number of ether oxygens (including phenoxy) is 1. The minimum absolute atomic E-state index is 0.0375. The van der Waals surface area contributed by atoms with Gasteiger partial charge in [-0.3, -0.25) is 18.6 Å². The molecule has 0 radical (unpaired) electrons. The molecule has 0 amide bonds. The Balaban J connectivity index is 1.80. The topological polar surface area (TPSA) is 78.5 Å². The van der Waals surface area contributed by atoms with Crippen molar-refractivity contribution in [1.29, 1.82) is 0 Å². The standard InChI is InChI=1S/C27H28N4O3S/c1-4-27(3)15-19-13-9-10-14-20(19)23-22(27)24(33)30(16-18-11-7-6-8-12-18)25-28-29-26(31(23)25)35-17-21(32)34-5-2/h6-14H,4-5,15-17H2,1-3H3/t27-/m1/s1. The number of hydrogen-bond acceptors (Lipinski definition) is 6. The molecule has 5 rings (SSSR count). The molecule has 8 heteroatoms. The Kier molecular flexibility index (Phi) is 6.23. The summed E-state index contributed by atoms with van der Waals surface area (Å²) in [7, 11) is 0. The van der Waals surface area contributed by atoms with Crippen molar-refractivity contribution in [3.63, 3.8) is 0 Å². The lowest BCUT2D eigenvalue weighted by Crippen LogP contribution is -2.40. The lowest BCUT2D eigenvalue weighted by atomic mass is 9.69. The number of carbonyl (C=O) groups excluding carboxylic acids is 1. The Morgan fingerprint density at radius 3 is 2.57 bits per heavy atom. The zero-order chi connectivity index (χ0) is 24.6. The van der Waals surface area contributed by atoms with Crippen LogP contribution < -0.4 is 5.56 Å². The van der Waals surface area contributed by atoms with Gasteiger partial charge < -0.3 is 4.74 Å². The van der Waals surface area contributed by atoms with Gasteiger partial charge in [-0.2, -0.15) is 0 Å². The smallest absolute Gasteiger partial charge is 0.316 e. The summed E-state index contributed by atoms with van der Waals surface area (Å²) in [5.74, 6) is 0.284. The van der Waals surface area contributed by atoms with E-state index in [1.165, 1.54) is 17.3 Å². The number of esters is 1. The van der Waals surface area contributed by atoms with E-state index >= 15 is 0 Å². The van der Waals surface area contributed by atoms with Gasteiger partial charge in [0.05, 0.1) is 24.6 Å². The molecule has 1 atom stereocenters.